The van der Waals surface area contributed by atoms with Gasteiger partial charge in [-0.1, -0.05) is 23.2 Å². The number of aliphatic hydroxyl groups is 2. The molecule has 25 heavy (non-hydrogen) atoms. The van der Waals surface area contributed by atoms with Gasteiger partial charge in [0.25, 0.3) is 0 Å². The maximum atomic E-state index is 9.16. The Morgan fingerprint density at radius 1 is 1.04 bits per heavy atom. The summed E-state index contributed by atoms with van der Waals surface area (Å²) in [5, 5.41) is 25.1. The highest BCUT2D eigenvalue weighted by molar-refractivity contribution is 6.42. The first-order valence-corrected chi connectivity index (χ1v) is 8.04. The van der Waals surface area contributed by atoms with Crippen LogP contribution in [0.15, 0.2) is 30.7 Å². The Labute approximate surface area is 152 Å². The second-order valence-corrected chi connectivity index (χ2v) is 5.92. The number of aromatic nitrogens is 4. The Bertz CT molecular complexity index is 891. The van der Waals surface area contributed by atoms with Gasteiger partial charge >= 0.3 is 0 Å². The third kappa shape index (κ3) is 4.05. The largest absolute Gasteiger partial charge is 0.394 e. The number of aliphatic hydroxyl groups excluding tert-OH is 2. The van der Waals surface area contributed by atoms with Crippen molar-refractivity contribution >= 4 is 51.7 Å². The molecule has 2 heterocycles. The highest BCUT2D eigenvalue weighted by atomic mass is 35.5. The molecule has 0 unspecified atom stereocenters. The Hall–Kier alpha value is -2.26. The lowest BCUT2D eigenvalue weighted by atomic mass is 10.3. The average molecular weight is 381 g/mol. The molecule has 4 N–H and O–H groups in total. The minimum absolute atomic E-state index is 0.243. The van der Waals surface area contributed by atoms with Crippen molar-refractivity contribution in [2.75, 3.05) is 23.8 Å². The standard InChI is InChI=1S/C15H14Cl2N6O2/c16-10-2-1-8(3-11(10)17)21-14-13-12(19-7-20-14)4-18-15(23-13)22-9(5-24)6-25/h1-4,7,9,24-25H,5-6H2,(H,18,22,23)(H,19,20,21). The van der Waals surface area contributed by atoms with Crippen LogP contribution in [0.25, 0.3) is 11.0 Å². The Balaban J connectivity index is 1.95. The molecule has 0 aliphatic carbocycles. The molecule has 0 aliphatic heterocycles. The summed E-state index contributed by atoms with van der Waals surface area (Å²) in [6.45, 7) is -0.505. The van der Waals surface area contributed by atoms with E-state index in [4.69, 9.17) is 33.4 Å². The summed E-state index contributed by atoms with van der Waals surface area (Å²) in [6.07, 6.45) is 2.92. The van der Waals surface area contributed by atoms with Crippen LogP contribution in [0.2, 0.25) is 10.0 Å². The highest BCUT2D eigenvalue weighted by Crippen LogP contribution is 2.28. The van der Waals surface area contributed by atoms with Gasteiger partial charge in [-0.3, -0.25) is 0 Å². The quantitative estimate of drug-likeness (QED) is 0.514. The van der Waals surface area contributed by atoms with Crippen molar-refractivity contribution < 1.29 is 10.2 Å². The third-order valence-corrected chi connectivity index (χ3v) is 4.07. The van der Waals surface area contributed by atoms with Crippen LogP contribution in [0.1, 0.15) is 0 Å². The normalized spacial score (nSPS) is 11.1. The molecule has 0 saturated heterocycles. The van der Waals surface area contributed by atoms with Crippen molar-refractivity contribution in [1.82, 2.24) is 19.9 Å². The van der Waals surface area contributed by atoms with Crippen molar-refractivity contribution in [2.24, 2.45) is 0 Å². The monoisotopic (exact) mass is 380 g/mol. The van der Waals surface area contributed by atoms with Gasteiger partial charge < -0.3 is 20.8 Å². The van der Waals surface area contributed by atoms with Crippen molar-refractivity contribution in [1.29, 1.82) is 0 Å². The second-order valence-electron chi connectivity index (χ2n) is 5.11. The number of rotatable bonds is 6. The number of hydrogen-bond donors (Lipinski definition) is 4. The number of hydrogen-bond acceptors (Lipinski definition) is 8. The Kier molecular flexibility index (Phi) is 5.44. The molecule has 0 aliphatic rings. The molecule has 0 amide bonds. The first kappa shape index (κ1) is 17.6. The van der Waals surface area contributed by atoms with Crippen molar-refractivity contribution in [3.05, 3.63) is 40.8 Å². The predicted molar refractivity (Wildman–Crippen MR) is 96.5 cm³/mol. The van der Waals surface area contributed by atoms with Gasteiger partial charge in [0.1, 0.15) is 17.4 Å². The van der Waals surface area contributed by atoms with Gasteiger partial charge in [-0.2, -0.15) is 0 Å². The highest BCUT2D eigenvalue weighted by Gasteiger charge is 2.11. The van der Waals surface area contributed by atoms with Crippen LogP contribution in [-0.2, 0) is 0 Å². The lowest BCUT2D eigenvalue weighted by molar-refractivity contribution is 0.203. The fourth-order valence-electron chi connectivity index (χ4n) is 2.06. The van der Waals surface area contributed by atoms with E-state index in [1.54, 1.807) is 18.2 Å². The van der Waals surface area contributed by atoms with Crippen LogP contribution >= 0.6 is 23.2 Å². The molecule has 130 valence electrons. The van der Waals surface area contributed by atoms with E-state index in [1.807, 2.05) is 0 Å². The van der Waals surface area contributed by atoms with Crippen LogP contribution in [0.4, 0.5) is 17.5 Å². The van der Waals surface area contributed by atoms with Crippen molar-refractivity contribution in [3.63, 3.8) is 0 Å². The average Bonchev–Trinajstić information content (AvgIpc) is 2.63. The zero-order valence-electron chi connectivity index (χ0n) is 12.8. The molecule has 1 aromatic carbocycles. The van der Waals surface area contributed by atoms with E-state index >= 15 is 0 Å². The van der Waals surface area contributed by atoms with Gasteiger partial charge in [-0.05, 0) is 18.2 Å². The summed E-state index contributed by atoms with van der Waals surface area (Å²) in [5.41, 5.74) is 1.69. The maximum Gasteiger partial charge on any atom is 0.223 e. The number of halogens is 2. The summed E-state index contributed by atoms with van der Waals surface area (Å²) < 4.78 is 0. The lowest BCUT2D eigenvalue weighted by Gasteiger charge is -2.14. The summed E-state index contributed by atoms with van der Waals surface area (Å²) >= 11 is 11.9. The second kappa shape index (κ2) is 7.75. The van der Waals surface area contributed by atoms with Crippen LogP contribution in [0.3, 0.4) is 0 Å². The zero-order valence-corrected chi connectivity index (χ0v) is 14.3. The van der Waals surface area contributed by atoms with E-state index in [1.165, 1.54) is 12.5 Å². The summed E-state index contributed by atoms with van der Waals surface area (Å²) in [7, 11) is 0. The first-order valence-electron chi connectivity index (χ1n) is 7.28. The van der Waals surface area contributed by atoms with Crippen LogP contribution in [0.5, 0.6) is 0 Å². The van der Waals surface area contributed by atoms with Gasteiger partial charge in [-0.25, -0.2) is 19.9 Å². The molecule has 3 aromatic rings. The zero-order chi connectivity index (χ0) is 17.8. The minimum Gasteiger partial charge on any atom is -0.394 e. The molecule has 3 rings (SSSR count). The summed E-state index contributed by atoms with van der Waals surface area (Å²) in [6, 6.07) is 4.54. The SMILES string of the molecule is OCC(CO)Nc1ncc2ncnc(Nc3ccc(Cl)c(Cl)c3)c2n1. The molecule has 2 aromatic heterocycles. The number of nitrogens with zero attached hydrogens (tertiary/aromatic N) is 4. The topological polar surface area (TPSA) is 116 Å². The molecule has 0 radical (unpaired) electrons. The Morgan fingerprint density at radius 3 is 2.56 bits per heavy atom. The molecule has 0 atom stereocenters. The van der Waals surface area contributed by atoms with E-state index in [2.05, 4.69) is 30.6 Å². The van der Waals surface area contributed by atoms with Gasteiger partial charge in [-0.15, -0.1) is 0 Å². The van der Waals surface area contributed by atoms with Gasteiger partial charge in [0.15, 0.2) is 5.82 Å². The molecule has 0 fully saturated rings. The van der Waals surface area contributed by atoms with Crippen LogP contribution in [-0.4, -0.2) is 49.4 Å². The Morgan fingerprint density at radius 2 is 1.84 bits per heavy atom. The van der Waals surface area contributed by atoms with Gasteiger partial charge in [0.05, 0.1) is 35.5 Å². The maximum absolute atomic E-state index is 9.16. The van der Waals surface area contributed by atoms with Crippen molar-refractivity contribution in [3.8, 4) is 0 Å². The first-order chi connectivity index (χ1) is 12.1. The molecule has 8 nitrogen and oxygen atoms in total. The molecule has 10 heteroatoms. The molecule has 0 spiro atoms. The fraction of sp³-hybridized carbons (Fsp3) is 0.200. The lowest BCUT2D eigenvalue weighted by Crippen LogP contribution is -2.28. The number of nitrogens with one attached hydrogen (secondary N) is 2. The predicted octanol–water partition coefficient (Wildman–Crippen LogP) is 2.24. The van der Waals surface area contributed by atoms with Crippen LogP contribution < -0.4 is 10.6 Å². The van der Waals surface area contributed by atoms with Crippen LogP contribution in [0, 0.1) is 0 Å². The smallest absolute Gasteiger partial charge is 0.223 e. The molecule has 0 bridgehead atoms. The molecular formula is C15H14Cl2N6O2. The van der Waals surface area contributed by atoms with Gasteiger partial charge in [0.2, 0.25) is 5.95 Å². The number of anilines is 3. The van der Waals surface area contributed by atoms with E-state index in [0.717, 1.165) is 0 Å². The molecular weight excluding hydrogens is 367 g/mol. The van der Waals surface area contributed by atoms with E-state index in [-0.39, 0.29) is 19.2 Å². The fourth-order valence-corrected chi connectivity index (χ4v) is 2.36. The van der Waals surface area contributed by atoms with Crippen molar-refractivity contribution in [2.45, 2.75) is 6.04 Å². The van der Waals surface area contributed by atoms with Gasteiger partial charge in [0, 0.05) is 5.69 Å². The minimum atomic E-state index is -0.562. The molecule has 0 saturated carbocycles. The van der Waals surface area contributed by atoms with E-state index in [0.29, 0.717) is 32.6 Å². The van der Waals surface area contributed by atoms with E-state index < -0.39 is 6.04 Å². The third-order valence-electron chi connectivity index (χ3n) is 3.33. The number of fused-ring (bicyclic) bond motifs is 1. The number of benzene rings is 1. The van der Waals surface area contributed by atoms with E-state index in [9.17, 15) is 0 Å². The summed E-state index contributed by atoms with van der Waals surface area (Å²) in [4.78, 5) is 16.8. The summed E-state index contributed by atoms with van der Waals surface area (Å²) in [5.74, 6) is 0.700.